The maximum Gasteiger partial charge on any atom is 0.119 e. The van der Waals surface area contributed by atoms with Gasteiger partial charge in [0.15, 0.2) is 0 Å². The van der Waals surface area contributed by atoms with Gasteiger partial charge in [0.1, 0.15) is 5.75 Å². The van der Waals surface area contributed by atoms with Crippen LogP contribution in [0.3, 0.4) is 0 Å². The molecule has 2 unspecified atom stereocenters. The third-order valence-corrected chi connectivity index (χ3v) is 7.46. The van der Waals surface area contributed by atoms with Crippen LogP contribution >= 0.6 is 11.6 Å². The topological polar surface area (TPSA) is 17.4 Å². The minimum absolute atomic E-state index is 0.167. The van der Waals surface area contributed by atoms with Crippen molar-refractivity contribution < 1.29 is 4.74 Å². The molecule has 0 amide bonds. The molecule has 2 aliphatic rings. The lowest BCUT2D eigenvalue weighted by molar-refractivity contribution is 0.0985. The van der Waals surface area contributed by atoms with Gasteiger partial charge in [0.05, 0.1) is 7.11 Å². The summed E-state index contributed by atoms with van der Waals surface area (Å²) < 4.78 is 7.97. The molecular formula is C24H27ClN2O. The van der Waals surface area contributed by atoms with Crippen LogP contribution in [0.15, 0.2) is 42.5 Å². The molecular weight excluding hydrogens is 368 g/mol. The SMILES string of the molecule is COc1cccc(C23CCN(C)CC2Cc2c(n(C)c4ccc(Cl)cc24)C3)c1. The molecule has 146 valence electrons. The van der Waals surface area contributed by atoms with Gasteiger partial charge in [-0.3, -0.25) is 0 Å². The predicted molar refractivity (Wildman–Crippen MR) is 116 cm³/mol. The van der Waals surface area contributed by atoms with Crippen molar-refractivity contribution in [3.05, 3.63) is 64.3 Å². The summed E-state index contributed by atoms with van der Waals surface area (Å²) in [7, 11) is 6.23. The van der Waals surface area contributed by atoms with Crippen molar-refractivity contribution in [2.75, 3.05) is 27.2 Å². The molecule has 0 N–H and O–H groups in total. The number of piperidine rings is 1. The fourth-order valence-electron chi connectivity index (χ4n) is 5.69. The smallest absolute Gasteiger partial charge is 0.119 e. The van der Waals surface area contributed by atoms with Gasteiger partial charge in [-0.2, -0.15) is 0 Å². The van der Waals surface area contributed by atoms with Gasteiger partial charge < -0.3 is 14.2 Å². The van der Waals surface area contributed by atoms with E-state index >= 15 is 0 Å². The van der Waals surface area contributed by atoms with E-state index < -0.39 is 0 Å². The molecule has 1 aliphatic carbocycles. The summed E-state index contributed by atoms with van der Waals surface area (Å²) in [4.78, 5) is 2.49. The van der Waals surface area contributed by atoms with Gasteiger partial charge in [-0.05, 0) is 80.2 Å². The first kappa shape index (κ1) is 18.1. The van der Waals surface area contributed by atoms with Crippen molar-refractivity contribution >= 4 is 22.5 Å². The summed E-state index contributed by atoms with van der Waals surface area (Å²) in [6.07, 6.45) is 3.37. The number of fused-ring (bicyclic) bond motifs is 4. The van der Waals surface area contributed by atoms with E-state index in [9.17, 15) is 0 Å². The molecule has 5 rings (SSSR count). The Kier molecular flexibility index (Phi) is 4.22. The Balaban J connectivity index is 1.70. The molecule has 4 heteroatoms. The number of hydrogen-bond acceptors (Lipinski definition) is 2. The molecule has 2 atom stereocenters. The van der Waals surface area contributed by atoms with E-state index in [1.54, 1.807) is 7.11 Å². The first-order chi connectivity index (χ1) is 13.5. The normalized spacial score (nSPS) is 24.8. The number of rotatable bonds is 2. The van der Waals surface area contributed by atoms with Crippen molar-refractivity contribution in [2.24, 2.45) is 13.0 Å². The van der Waals surface area contributed by atoms with Crippen LogP contribution in [0.4, 0.5) is 0 Å². The van der Waals surface area contributed by atoms with Crippen LogP contribution in [0.5, 0.6) is 5.75 Å². The van der Waals surface area contributed by atoms with Crippen molar-refractivity contribution in [3.63, 3.8) is 0 Å². The number of halogens is 1. The first-order valence-corrected chi connectivity index (χ1v) is 10.5. The number of ether oxygens (including phenoxy) is 1. The molecule has 0 bridgehead atoms. The van der Waals surface area contributed by atoms with Crippen LogP contribution < -0.4 is 4.74 Å². The van der Waals surface area contributed by atoms with Gasteiger partial charge in [0, 0.05) is 40.6 Å². The summed E-state index contributed by atoms with van der Waals surface area (Å²) in [6.45, 7) is 2.27. The van der Waals surface area contributed by atoms with Gasteiger partial charge in [-0.15, -0.1) is 0 Å². The summed E-state index contributed by atoms with van der Waals surface area (Å²) >= 11 is 6.36. The molecule has 3 aromatic rings. The van der Waals surface area contributed by atoms with Crippen LogP contribution in [-0.4, -0.2) is 36.7 Å². The Hall–Kier alpha value is -1.97. The highest BCUT2D eigenvalue weighted by Gasteiger charge is 2.48. The van der Waals surface area contributed by atoms with Crippen LogP contribution in [0.25, 0.3) is 10.9 Å². The Labute approximate surface area is 171 Å². The molecule has 1 saturated heterocycles. The zero-order chi connectivity index (χ0) is 19.5. The molecule has 28 heavy (non-hydrogen) atoms. The zero-order valence-corrected chi connectivity index (χ0v) is 17.6. The Morgan fingerprint density at radius 3 is 2.82 bits per heavy atom. The number of methoxy groups -OCH3 is 1. The lowest BCUT2D eigenvalue weighted by atomic mass is 9.59. The number of benzene rings is 2. The Morgan fingerprint density at radius 2 is 2.00 bits per heavy atom. The van der Waals surface area contributed by atoms with Crippen molar-refractivity contribution in [3.8, 4) is 5.75 Å². The minimum Gasteiger partial charge on any atom is -0.497 e. The van der Waals surface area contributed by atoms with Gasteiger partial charge in [-0.1, -0.05) is 23.7 Å². The predicted octanol–water partition coefficient (Wildman–Crippen LogP) is 4.83. The zero-order valence-electron chi connectivity index (χ0n) is 16.8. The minimum atomic E-state index is 0.167. The van der Waals surface area contributed by atoms with Crippen LogP contribution in [-0.2, 0) is 25.3 Å². The Bertz CT molecular complexity index is 1060. The largest absolute Gasteiger partial charge is 0.497 e. The van der Waals surface area contributed by atoms with Crippen LogP contribution in [0, 0.1) is 5.92 Å². The van der Waals surface area contributed by atoms with E-state index in [1.807, 2.05) is 6.07 Å². The Morgan fingerprint density at radius 1 is 1.14 bits per heavy atom. The molecule has 0 saturated carbocycles. The highest BCUT2D eigenvalue weighted by molar-refractivity contribution is 6.31. The molecule has 0 radical (unpaired) electrons. The van der Waals surface area contributed by atoms with E-state index in [-0.39, 0.29) is 5.41 Å². The highest BCUT2D eigenvalue weighted by Crippen LogP contribution is 2.50. The lowest BCUT2D eigenvalue weighted by Crippen LogP contribution is -2.53. The third kappa shape index (κ3) is 2.60. The van der Waals surface area contributed by atoms with E-state index in [1.165, 1.54) is 34.1 Å². The maximum atomic E-state index is 6.36. The molecule has 1 fully saturated rings. The molecule has 1 aromatic heterocycles. The average molecular weight is 395 g/mol. The molecule has 2 heterocycles. The number of aromatic nitrogens is 1. The number of aryl methyl sites for hydroxylation is 1. The third-order valence-electron chi connectivity index (χ3n) is 7.23. The number of nitrogens with zero attached hydrogens (tertiary/aromatic N) is 2. The van der Waals surface area contributed by atoms with Gasteiger partial charge in [0.25, 0.3) is 0 Å². The van der Waals surface area contributed by atoms with Gasteiger partial charge >= 0.3 is 0 Å². The van der Waals surface area contributed by atoms with Crippen molar-refractivity contribution in [2.45, 2.75) is 24.7 Å². The van der Waals surface area contributed by atoms with Crippen LogP contribution in [0.2, 0.25) is 5.02 Å². The average Bonchev–Trinajstić information content (AvgIpc) is 2.97. The summed E-state index contributed by atoms with van der Waals surface area (Å²) in [5.41, 5.74) is 5.86. The van der Waals surface area contributed by atoms with Crippen molar-refractivity contribution in [1.29, 1.82) is 0 Å². The lowest BCUT2D eigenvalue weighted by Gasteiger charge is -2.50. The van der Waals surface area contributed by atoms with Crippen LogP contribution in [0.1, 0.15) is 23.2 Å². The fourth-order valence-corrected chi connectivity index (χ4v) is 5.86. The van der Waals surface area contributed by atoms with E-state index in [0.717, 1.165) is 36.7 Å². The fraction of sp³-hybridized carbons (Fsp3) is 0.417. The molecule has 2 aromatic carbocycles. The quantitative estimate of drug-likeness (QED) is 0.619. The van der Waals surface area contributed by atoms with Crippen molar-refractivity contribution in [1.82, 2.24) is 9.47 Å². The molecule has 3 nitrogen and oxygen atoms in total. The second-order valence-electron chi connectivity index (χ2n) is 8.62. The monoisotopic (exact) mass is 394 g/mol. The number of likely N-dealkylation sites (tertiary alicyclic amines) is 1. The van der Waals surface area contributed by atoms with E-state index in [4.69, 9.17) is 16.3 Å². The summed E-state index contributed by atoms with van der Waals surface area (Å²) in [5.74, 6) is 1.55. The van der Waals surface area contributed by atoms with Gasteiger partial charge in [0.2, 0.25) is 0 Å². The maximum absolute atomic E-state index is 6.36. The van der Waals surface area contributed by atoms with Gasteiger partial charge in [-0.25, -0.2) is 0 Å². The highest BCUT2D eigenvalue weighted by atomic mass is 35.5. The molecule has 0 spiro atoms. The second kappa shape index (κ2) is 6.53. The first-order valence-electron chi connectivity index (χ1n) is 10.1. The number of hydrogen-bond donors (Lipinski definition) is 0. The molecule has 1 aliphatic heterocycles. The standard InChI is InChI=1S/C24H27ClN2O/c1-26-10-9-24(16-5-4-6-19(11-16)28-3)14-23-20(12-17(24)15-26)21-13-18(25)7-8-22(21)27(23)2/h4-8,11,13,17H,9-10,12,14-15H2,1-3H3. The van der Waals surface area contributed by atoms with E-state index in [0.29, 0.717) is 5.92 Å². The summed E-state index contributed by atoms with van der Waals surface area (Å²) in [5, 5.41) is 2.16. The van der Waals surface area contributed by atoms with E-state index in [2.05, 4.69) is 60.0 Å². The summed E-state index contributed by atoms with van der Waals surface area (Å²) in [6, 6.07) is 15.1. The second-order valence-corrected chi connectivity index (χ2v) is 9.06.